The predicted octanol–water partition coefficient (Wildman–Crippen LogP) is 1.57. The van der Waals surface area contributed by atoms with Crippen LogP contribution in [0.15, 0.2) is 10.6 Å². The number of hydrogen-bond acceptors (Lipinski definition) is 3. The first-order valence-corrected chi connectivity index (χ1v) is 3.99. The third-order valence-corrected chi connectivity index (χ3v) is 1.99. The van der Waals surface area contributed by atoms with Crippen molar-refractivity contribution in [3.05, 3.63) is 17.5 Å². The zero-order chi connectivity index (χ0) is 7.84. The van der Waals surface area contributed by atoms with Crippen LogP contribution in [0.2, 0.25) is 0 Å². The van der Waals surface area contributed by atoms with E-state index >= 15 is 0 Å². The van der Waals surface area contributed by atoms with Gasteiger partial charge in [-0.1, -0.05) is 5.16 Å². The van der Waals surface area contributed by atoms with Crippen molar-refractivity contribution in [2.75, 3.05) is 0 Å². The van der Waals surface area contributed by atoms with Crippen LogP contribution in [0, 0.1) is 0 Å². The molecule has 0 spiro atoms. The molecule has 0 saturated heterocycles. The van der Waals surface area contributed by atoms with Gasteiger partial charge in [-0.3, -0.25) is 0 Å². The summed E-state index contributed by atoms with van der Waals surface area (Å²) in [4.78, 5) is 0. The van der Waals surface area contributed by atoms with E-state index in [0.29, 0.717) is 5.92 Å². The van der Waals surface area contributed by atoms with Crippen molar-refractivity contribution in [3.63, 3.8) is 0 Å². The average Bonchev–Trinajstić information content (AvgIpc) is 2.68. The summed E-state index contributed by atoms with van der Waals surface area (Å²) in [6.07, 6.45) is 2.49. The second-order valence-corrected chi connectivity index (χ2v) is 3.22. The molecule has 1 saturated carbocycles. The molecule has 3 heteroatoms. The molecule has 3 nitrogen and oxygen atoms in total. The lowest BCUT2D eigenvalue weighted by Crippen LogP contribution is -2.04. The summed E-state index contributed by atoms with van der Waals surface area (Å²) in [5.74, 6) is 1.65. The fourth-order valence-electron chi connectivity index (χ4n) is 1.08. The van der Waals surface area contributed by atoms with Crippen LogP contribution in [-0.4, -0.2) is 5.16 Å². The Morgan fingerprint density at radius 2 is 2.45 bits per heavy atom. The minimum absolute atomic E-state index is 0.00810. The lowest BCUT2D eigenvalue weighted by atomic mass is 10.2. The molecular weight excluding hydrogens is 140 g/mol. The van der Waals surface area contributed by atoms with Crippen LogP contribution in [-0.2, 0) is 0 Å². The Bertz CT molecular complexity index is 234. The third kappa shape index (κ3) is 1.28. The number of rotatable bonds is 2. The first kappa shape index (κ1) is 6.85. The van der Waals surface area contributed by atoms with Gasteiger partial charge in [0.2, 0.25) is 0 Å². The second kappa shape index (κ2) is 2.34. The molecule has 1 heterocycles. The molecule has 0 bridgehead atoms. The van der Waals surface area contributed by atoms with E-state index < -0.39 is 0 Å². The number of nitrogens with two attached hydrogens (primary N) is 1. The van der Waals surface area contributed by atoms with Gasteiger partial charge in [-0.15, -0.1) is 0 Å². The maximum Gasteiger partial charge on any atom is 0.140 e. The maximum absolute atomic E-state index is 5.63. The van der Waals surface area contributed by atoms with Crippen molar-refractivity contribution in [2.24, 2.45) is 5.73 Å². The van der Waals surface area contributed by atoms with Gasteiger partial charge in [0.25, 0.3) is 0 Å². The summed E-state index contributed by atoms with van der Waals surface area (Å²) >= 11 is 0. The highest BCUT2D eigenvalue weighted by atomic mass is 16.5. The van der Waals surface area contributed by atoms with E-state index in [0.717, 1.165) is 11.5 Å². The molecule has 1 aliphatic rings. The van der Waals surface area contributed by atoms with Crippen LogP contribution in [0.25, 0.3) is 0 Å². The Morgan fingerprint density at radius 3 is 2.91 bits per heavy atom. The number of hydrogen-bond donors (Lipinski definition) is 1. The molecule has 1 aromatic rings. The fraction of sp³-hybridized carbons (Fsp3) is 0.625. The van der Waals surface area contributed by atoms with Crippen molar-refractivity contribution in [3.8, 4) is 0 Å². The molecule has 1 aliphatic carbocycles. The Hall–Kier alpha value is -0.830. The Labute approximate surface area is 65.6 Å². The summed E-state index contributed by atoms with van der Waals surface area (Å²) in [5.41, 5.74) is 6.49. The standard InChI is InChI=1S/C8H12N2O/c1-5(9)7-4-8(11-10-7)6-2-3-6/h4-6H,2-3,9H2,1H3. The zero-order valence-electron chi connectivity index (χ0n) is 6.58. The van der Waals surface area contributed by atoms with Gasteiger partial charge in [-0.2, -0.15) is 0 Å². The molecule has 0 aromatic carbocycles. The summed E-state index contributed by atoms with van der Waals surface area (Å²) in [6.45, 7) is 1.91. The van der Waals surface area contributed by atoms with Crippen molar-refractivity contribution >= 4 is 0 Å². The molecule has 60 valence electrons. The molecule has 1 atom stereocenters. The Morgan fingerprint density at radius 1 is 1.73 bits per heavy atom. The topological polar surface area (TPSA) is 52.0 Å². The van der Waals surface area contributed by atoms with Crippen LogP contribution < -0.4 is 5.73 Å². The zero-order valence-corrected chi connectivity index (χ0v) is 6.58. The smallest absolute Gasteiger partial charge is 0.140 e. The van der Waals surface area contributed by atoms with Gasteiger partial charge in [-0.25, -0.2) is 0 Å². The summed E-state index contributed by atoms with van der Waals surface area (Å²) in [7, 11) is 0. The maximum atomic E-state index is 5.63. The molecule has 2 N–H and O–H groups in total. The third-order valence-electron chi connectivity index (χ3n) is 1.99. The molecule has 2 rings (SSSR count). The summed E-state index contributed by atoms with van der Waals surface area (Å²) in [6, 6.07) is 1.97. The molecular formula is C8H12N2O. The molecule has 11 heavy (non-hydrogen) atoms. The highest BCUT2D eigenvalue weighted by Gasteiger charge is 2.28. The van der Waals surface area contributed by atoms with Crippen molar-refractivity contribution in [1.29, 1.82) is 0 Å². The lowest BCUT2D eigenvalue weighted by Gasteiger charge is -1.93. The van der Waals surface area contributed by atoms with E-state index in [9.17, 15) is 0 Å². The molecule has 1 fully saturated rings. The Kier molecular flexibility index (Phi) is 1.46. The van der Waals surface area contributed by atoms with Crippen LogP contribution in [0.1, 0.15) is 43.2 Å². The Balaban J connectivity index is 2.18. The van der Waals surface area contributed by atoms with Gasteiger partial charge in [-0.05, 0) is 19.8 Å². The van der Waals surface area contributed by atoms with Gasteiger partial charge >= 0.3 is 0 Å². The van der Waals surface area contributed by atoms with Crippen LogP contribution in [0.4, 0.5) is 0 Å². The summed E-state index contributed by atoms with van der Waals surface area (Å²) in [5, 5.41) is 3.88. The van der Waals surface area contributed by atoms with Crippen LogP contribution in [0.3, 0.4) is 0 Å². The average molecular weight is 152 g/mol. The van der Waals surface area contributed by atoms with Crippen molar-refractivity contribution < 1.29 is 4.52 Å². The highest BCUT2D eigenvalue weighted by molar-refractivity contribution is 5.16. The van der Waals surface area contributed by atoms with E-state index in [2.05, 4.69) is 5.16 Å². The SMILES string of the molecule is CC(N)c1cc(C2CC2)on1. The van der Waals surface area contributed by atoms with Crippen molar-refractivity contribution in [1.82, 2.24) is 5.16 Å². The quantitative estimate of drug-likeness (QED) is 0.699. The minimum atomic E-state index is -0.00810. The lowest BCUT2D eigenvalue weighted by molar-refractivity contribution is 0.375. The van der Waals surface area contributed by atoms with E-state index in [1.807, 2.05) is 13.0 Å². The van der Waals surface area contributed by atoms with Crippen molar-refractivity contribution in [2.45, 2.75) is 31.7 Å². The van der Waals surface area contributed by atoms with E-state index in [1.165, 1.54) is 12.8 Å². The molecule has 1 unspecified atom stereocenters. The number of aromatic nitrogens is 1. The molecule has 0 amide bonds. The number of nitrogens with zero attached hydrogens (tertiary/aromatic N) is 1. The molecule has 0 aliphatic heterocycles. The van der Waals surface area contributed by atoms with E-state index in [1.54, 1.807) is 0 Å². The van der Waals surface area contributed by atoms with Gasteiger partial charge in [0.15, 0.2) is 0 Å². The molecule has 0 radical (unpaired) electrons. The van der Waals surface area contributed by atoms with Crippen LogP contribution >= 0.6 is 0 Å². The second-order valence-electron chi connectivity index (χ2n) is 3.22. The first-order chi connectivity index (χ1) is 5.27. The van der Waals surface area contributed by atoms with Crippen LogP contribution in [0.5, 0.6) is 0 Å². The fourth-order valence-corrected chi connectivity index (χ4v) is 1.08. The van der Waals surface area contributed by atoms with Gasteiger partial charge in [0, 0.05) is 18.0 Å². The van der Waals surface area contributed by atoms with Gasteiger partial charge in [0.05, 0.1) is 0 Å². The molecule has 1 aromatic heterocycles. The highest BCUT2D eigenvalue weighted by Crippen LogP contribution is 2.40. The minimum Gasteiger partial charge on any atom is -0.361 e. The van der Waals surface area contributed by atoms with Gasteiger partial charge < -0.3 is 10.3 Å². The van der Waals surface area contributed by atoms with E-state index in [4.69, 9.17) is 10.3 Å². The normalized spacial score (nSPS) is 20.2. The van der Waals surface area contributed by atoms with Gasteiger partial charge in [0.1, 0.15) is 11.5 Å². The van der Waals surface area contributed by atoms with E-state index in [-0.39, 0.29) is 6.04 Å². The largest absolute Gasteiger partial charge is 0.361 e. The summed E-state index contributed by atoms with van der Waals surface area (Å²) < 4.78 is 5.12. The predicted molar refractivity (Wildman–Crippen MR) is 41.1 cm³/mol. The monoisotopic (exact) mass is 152 g/mol. The first-order valence-electron chi connectivity index (χ1n) is 3.99.